The van der Waals surface area contributed by atoms with Gasteiger partial charge in [-0.2, -0.15) is 4.99 Å². The second-order valence-corrected chi connectivity index (χ2v) is 7.66. The minimum atomic E-state index is -0.528. The Morgan fingerprint density at radius 2 is 1.67 bits per heavy atom. The molecule has 0 saturated heterocycles. The quantitative estimate of drug-likeness (QED) is 0.441. The summed E-state index contributed by atoms with van der Waals surface area (Å²) in [5.74, 6) is -0.272. The minimum Gasteiger partial charge on any atom is -0.494 e. The van der Waals surface area contributed by atoms with E-state index in [0.29, 0.717) is 33.9 Å². The maximum atomic E-state index is 12.5. The van der Waals surface area contributed by atoms with E-state index in [4.69, 9.17) is 18.9 Å². The van der Waals surface area contributed by atoms with Gasteiger partial charge in [0.2, 0.25) is 0 Å². The second-order valence-electron chi connectivity index (χ2n) is 6.65. The lowest BCUT2D eigenvalue weighted by Gasteiger charge is -2.06. The van der Waals surface area contributed by atoms with Crippen LogP contribution in [0, 0.1) is 0 Å². The number of esters is 2. The summed E-state index contributed by atoms with van der Waals surface area (Å²) in [4.78, 5) is 40.9. The highest BCUT2D eigenvalue weighted by atomic mass is 32.1. The zero-order valence-corrected chi connectivity index (χ0v) is 19.3. The average Bonchev–Trinajstić information content (AvgIpc) is 3.14. The Labute approximate surface area is 194 Å². The molecule has 1 heterocycles. The number of nitrogens with zero attached hydrogens (tertiary/aromatic N) is 2. The van der Waals surface area contributed by atoms with Crippen molar-refractivity contribution >= 4 is 39.4 Å². The van der Waals surface area contributed by atoms with Crippen LogP contribution in [0.1, 0.15) is 24.2 Å². The van der Waals surface area contributed by atoms with Gasteiger partial charge in [0.1, 0.15) is 18.0 Å². The molecule has 1 aromatic heterocycles. The molecule has 0 bridgehead atoms. The molecule has 9 nitrogen and oxygen atoms in total. The summed E-state index contributed by atoms with van der Waals surface area (Å²) >= 11 is 1.17. The maximum absolute atomic E-state index is 12.5. The molecule has 10 heteroatoms. The van der Waals surface area contributed by atoms with Crippen LogP contribution in [0.4, 0.5) is 0 Å². The summed E-state index contributed by atoms with van der Waals surface area (Å²) in [5.41, 5.74) is 1.00. The first kappa shape index (κ1) is 24.0. The predicted molar refractivity (Wildman–Crippen MR) is 121 cm³/mol. The largest absolute Gasteiger partial charge is 0.494 e. The van der Waals surface area contributed by atoms with E-state index >= 15 is 0 Å². The van der Waals surface area contributed by atoms with Gasteiger partial charge < -0.3 is 23.5 Å². The lowest BCUT2D eigenvalue weighted by Crippen LogP contribution is -2.23. The first-order valence-corrected chi connectivity index (χ1v) is 11.1. The van der Waals surface area contributed by atoms with Crippen LogP contribution in [0.2, 0.25) is 0 Å². The van der Waals surface area contributed by atoms with E-state index < -0.39 is 17.8 Å². The molecule has 0 saturated carbocycles. The number of thiazole rings is 1. The SMILES string of the molecule is CCOC(=O)c1ccc2c(c1)sc(=NC(=O)COc1ccc(OCC)cc1)n2CC(=O)OC. The van der Waals surface area contributed by atoms with Crippen LogP contribution in [-0.4, -0.2) is 49.3 Å². The Balaban J connectivity index is 1.86. The van der Waals surface area contributed by atoms with Gasteiger partial charge in [0.05, 0.1) is 36.1 Å². The molecule has 0 spiro atoms. The van der Waals surface area contributed by atoms with Crippen LogP contribution in [0.25, 0.3) is 10.2 Å². The molecule has 1 amide bonds. The fourth-order valence-electron chi connectivity index (χ4n) is 2.93. The lowest BCUT2D eigenvalue weighted by atomic mass is 10.2. The van der Waals surface area contributed by atoms with Crippen molar-refractivity contribution < 1.29 is 33.3 Å². The molecule has 0 unspecified atom stereocenters. The van der Waals surface area contributed by atoms with Crippen molar-refractivity contribution in [1.29, 1.82) is 0 Å². The number of fused-ring (bicyclic) bond motifs is 1. The minimum absolute atomic E-state index is 0.138. The van der Waals surface area contributed by atoms with Gasteiger partial charge in [-0.1, -0.05) is 11.3 Å². The number of ether oxygens (including phenoxy) is 4. The van der Waals surface area contributed by atoms with E-state index in [2.05, 4.69) is 4.99 Å². The Morgan fingerprint density at radius 3 is 2.30 bits per heavy atom. The predicted octanol–water partition coefficient (Wildman–Crippen LogP) is 2.96. The van der Waals surface area contributed by atoms with Gasteiger partial charge in [-0.3, -0.25) is 9.59 Å². The zero-order chi connectivity index (χ0) is 23.8. The molecule has 2 aromatic carbocycles. The van der Waals surface area contributed by atoms with E-state index in [1.807, 2.05) is 6.92 Å². The summed E-state index contributed by atoms with van der Waals surface area (Å²) in [5, 5.41) is 0. The molecule has 3 rings (SSSR count). The molecule has 0 radical (unpaired) electrons. The highest BCUT2D eigenvalue weighted by molar-refractivity contribution is 7.16. The highest BCUT2D eigenvalue weighted by Gasteiger charge is 2.15. The zero-order valence-electron chi connectivity index (χ0n) is 18.5. The summed E-state index contributed by atoms with van der Waals surface area (Å²) in [6.45, 7) is 4.01. The Hall–Kier alpha value is -3.66. The number of hydrogen-bond donors (Lipinski definition) is 0. The molecular weight excluding hydrogens is 448 g/mol. The third-order valence-corrected chi connectivity index (χ3v) is 5.47. The average molecular weight is 473 g/mol. The van der Waals surface area contributed by atoms with Gasteiger partial charge in [-0.15, -0.1) is 0 Å². The van der Waals surface area contributed by atoms with Crippen LogP contribution in [0.5, 0.6) is 11.5 Å². The molecular formula is C23H24N2O7S. The summed E-state index contributed by atoms with van der Waals surface area (Å²) in [7, 11) is 1.28. The molecule has 0 fully saturated rings. The molecule has 3 aromatic rings. The first-order valence-electron chi connectivity index (χ1n) is 10.3. The molecule has 33 heavy (non-hydrogen) atoms. The number of hydrogen-bond acceptors (Lipinski definition) is 8. The molecule has 0 aliphatic rings. The fraction of sp³-hybridized carbons (Fsp3) is 0.304. The van der Waals surface area contributed by atoms with Crippen molar-refractivity contribution in [2.75, 3.05) is 26.9 Å². The maximum Gasteiger partial charge on any atom is 0.338 e. The number of aromatic nitrogens is 1. The normalized spacial score (nSPS) is 11.3. The van der Waals surface area contributed by atoms with Gasteiger partial charge in [0, 0.05) is 0 Å². The standard InChI is InChI=1S/C23H24N2O7S/c1-4-30-16-7-9-17(10-8-16)32-14-20(26)24-23-25(13-21(27)29-3)18-11-6-15(12-19(18)33-23)22(28)31-5-2/h6-12H,4-5,13-14H2,1-3H3. The number of carbonyl (C=O) groups is 3. The van der Waals surface area contributed by atoms with Crippen LogP contribution >= 0.6 is 11.3 Å². The van der Waals surface area contributed by atoms with Crippen LogP contribution in [0.15, 0.2) is 47.5 Å². The van der Waals surface area contributed by atoms with Crippen LogP contribution < -0.4 is 14.3 Å². The van der Waals surface area contributed by atoms with Gasteiger partial charge >= 0.3 is 11.9 Å². The third kappa shape index (κ3) is 6.19. The smallest absolute Gasteiger partial charge is 0.338 e. The van der Waals surface area contributed by atoms with Gasteiger partial charge in [-0.25, -0.2) is 4.79 Å². The Morgan fingerprint density at radius 1 is 0.970 bits per heavy atom. The van der Waals surface area contributed by atoms with Crippen LogP contribution in [0.3, 0.4) is 0 Å². The fourth-order valence-corrected chi connectivity index (χ4v) is 4.02. The van der Waals surface area contributed by atoms with Gasteiger partial charge in [-0.05, 0) is 56.3 Å². The first-order chi connectivity index (χ1) is 15.9. The van der Waals surface area contributed by atoms with E-state index in [1.165, 1.54) is 18.4 Å². The number of methoxy groups -OCH3 is 1. The lowest BCUT2D eigenvalue weighted by molar-refractivity contribution is -0.141. The summed E-state index contributed by atoms with van der Waals surface area (Å²) in [6, 6.07) is 11.8. The van der Waals surface area contributed by atoms with Crippen molar-refractivity contribution in [3.63, 3.8) is 0 Å². The number of rotatable bonds is 9. The summed E-state index contributed by atoms with van der Waals surface area (Å²) in [6.07, 6.45) is 0. The van der Waals surface area contributed by atoms with Crippen molar-refractivity contribution in [3.05, 3.63) is 52.8 Å². The van der Waals surface area contributed by atoms with E-state index in [0.717, 1.165) is 0 Å². The highest BCUT2D eigenvalue weighted by Crippen LogP contribution is 2.20. The molecule has 174 valence electrons. The molecule has 0 atom stereocenters. The molecule has 0 aliphatic heterocycles. The monoisotopic (exact) mass is 472 g/mol. The Kier molecular flexibility index (Phi) is 8.20. The van der Waals surface area contributed by atoms with Gasteiger partial charge in [0.15, 0.2) is 11.4 Å². The Bertz CT molecular complexity index is 1210. The number of benzene rings is 2. The van der Waals surface area contributed by atoms with E-state index in [-0.39, 0.29) is 24.6 Å². The molecule has 0 N–H and O–H groups in total. The van der Waals surface area contributed by atoms with Crippen molar-refractivity contribution in [1.82, 2.24) is 4.57 Å². The number of amides is 1. The third-order valence-electron chi connectivity index (χ3n) is 4.43. The van der Waals surface area contributed by atoms with E-state index in [1.54, 1.807) is 54.0 Å². The topological polar surface area (TPSA) is 105 Å². The van der Waals surface area contributed by atoms with Crippen molar-refractivity contribution in [3.8, 4) is 11.5 Å². The summed E-state index contributed by atoms with van der Waals surface area (Å²) < 4.78 is 22.9. The van der Waals surface area contributed by atoms with Crippen molar-refractivity contribution in [2.24, 2.45) is 4.99 Å². The van der Waals surface area contributed by atoms with Crippen molar-refractivity contribution in [2.45, 2.75) is 20.4 Å². The molecule has 0 aliphatic carbocycles. The number of carbonyl (C=O) groups excluding carboxylic acids is 3. The van der Waals surface area contributed by atoms with Crippen LogP contribution in [-0.2, 0) is 25.6 Å². The van der Waals surface area contributed by atoms with Gasteiger partial charge in [0.25, 0.3) is 5.91 Å². The van der Waals surface area contributed by atoms with E-state index in [9.17, 15) is 14.4 Å². The second kappa shape index (κ2) is 11.3.